The second-order valence-corrected chi connectivity index (χ2v) is 3.87. The average Bonchev–Trinajstić information content (AvgIpc) is 2.17. The molecular formula is C10H17N2NaO3. The summed E-state index contributed by atoms with van der Waals surface area (Å²) in [5.74, 6) is -1.04. The molecule has 0 aromatic heterocycles. The molecule has 0 aromatic carbocycles. The van der Waals surface area contributed by atoms with E-state index in [-0.39, 0.29) is 36.9 Å². The first-order valence-electron chi connectivity index (χ1n) is 5.15. The Morgan fingerprint density at radius 3 is 1.94 bits per heavy atom. The van der Waals surface area contributed by atoms with E-state index in [4.69, 9.17) is 0 Å². The molecule has 0 aliphatic carbocycles. The molecule has 4 amide bonds. The van der Waals surface area contributed by atoms with Gasteiger partial charge >= 0.3 is 35.6 Å². The second kappa shape index (κ2) is 5.80. The van der Waals surface area contributed by atoms with Crippen molar-refractivity contribution in [2.45, 2.75) is 33.6 Å². The predicted molar refractivity (Wildman–Crippen MR) is 55.0 cm³/mol. The van der Waals surface area contributed by atoms with Crippen molar-refractivity contribution in [2.75, 3.05) is 0 Å². The molecule has 1 heterocycles. The first kappa shape index (κ1) is 15.6. The average molecular weight is 236 g/mol. The van der Waals surface area contributed by atoms with Crippen LogP contribution >= 0.6 is 0 Å². The van der Waals surface area contributed by atoms with Crippen molar-refractivity contribution in [3.05, 3.63) is 0 Å². The third-order valence-electron chi connectivity index (χ3n) is 3.28. The van der Waals surface area contributed by atoms with Crippen LogP contribution in [0.15, 0.2) is 0 Å². The van der Waals surface area contributed by atoms with E-state index in [0.717, 1.165) is 0 Å². The Bertz CT molecular complexity index is 303. The monoisotopic (exact) mass is 236 g/mol. The summed E-state index contributed by atoms with van der Waals surface area (Å²) in [5, 5.41) is 4.31. The van der Waals surface area contributed by atoms with Crippen LogP contribution in [0.25, 0.3) is 0 Å². The van der Waals surface area contributed by atoms with Gasteiger partial charge in [0, 0.05) is 0 Å². The molecule has 1 saturated heterocycles. The SMILES string of the molecule is CC[C@@H](C)C1(CC)C(=O)NC(=O)NC1=O.[H-].[Na+]. The first-order valence-corrected chi connectivity index (χ1v) is 5.15. The number of carbonyl (C=O) groups excluding carboxylic acids is 3. The number of imide groups is 2. The molecule has 1 fully saturated rings. The third-order valence-corrected chi connectivity index (χ3v) is 3.28. The number of urea groups is 1. The summed E-state index contributed by atoms with van der Waals surface area (Å²) in [6.07, 6.45) is 1.11. The molecule has 1 atom stereocenters. The van der Waals surface area contributed by atoms with E-state index in [1.807, 2.05) is 13.8 Å². The fourth-order valence-corrected chi connectivity index (χ4v) is 2.03. The van der Waals surface area contributed by atoms with Crippen LogP contribution in [0.1, 0.15) is 35.0 Å². The number of hydrogen-bond donors (Lipinski definition) is 2. The minimum absolute atomic E-state index is 0. The number of barbiturate groups is 1. The Hall–Kier alpha value is -0.390. The molecule has 1 aliphatic rings. The van der Waals surface area contributed by atoms with Gasteiger partial charge in [0.15, 0.2) is 0 Å². The van der Waals surface area contributed by atoms with E-state index >= 15 is 0 Å². The molecule has 0 bridgehead atoms. The zero-order valence-electron chi connectivity index (χ0n) is 11.2. The smallest absolute Gasteiger partial charge is 1.00 e. The summed E-state index contributed by atoms with van der Waals surface area (Å²) in [4.78, 5) is 34.5. The van der Waals surface area contributed by atoms with Crippen LogP contribution in [-0.2, 0) is 9.59 Å². The topological polar surface area (TPSA) is 75.3 Å². The van der Waals surface area contributed by atoms with Gasteiger partial charge in [-0.1, -0.05) is 27.2 Å². The molecule has 86 valence electrons. The van der Waals surface area contributed by atoms with Crippen molar-refractivity contribution >= 4 is 17.8 Å². The second-order valence-electron chi connectivity index (χ2n) is 3.87. The predicted octanol–water partition coefficient (Wildman–Crippen LogP) is -2.09. The number of rotatable bonds is 3. The quantitative estimate of drug-likeness (QED) is 0.436. The van der Waals surface area contributed by atoms with Crippen LogP contribution in [0, 0.1) is 11.3 Å². The van der Waals surface area contributed by atoms with Crippen molar-refractivity contribution in [3.8, 4) is 0 Å². The van der Waals surface area contributed by atoms with Crippen LogP contribution in [0.2, 0.25) is 0 Å². The number of carbonyl (C=O) groups is 3. The zero-order chi connectivity index (χ0) is 11.6. The number of nitrogens with one attached hydrogen (secondary N) is 2. The summed E-state index contributed by atoms with van der Waals surface area (Å²) in [7, 11) is 0. The van der Waals surface area contributed by atoms with E-state index < -0.39 is 23.3 Å². The number of amides is 4. The molecule has 2 N–H and O–H groups in total. The summed E-state index contributed by atoms with van der Waals surface area (Å²) < 4.78 is 0. The van der Waals surface area contributed by atoms with Gasteiger partial charge in [-0.3, -0.25) is 20.2 Å². The minimum Gasteiger partial charge on any atom is -1.00 e. The van der Waals surface area contributed by atoms with Gasteiger partial charge < -0.3 is 1.43 Å². The first-order chi connectivity index (χ1) is 6.98. The van der Waals surface area contributed by atoms with Crippen molar-refractivity contribution < 1.29 is 45.4 Å². The molecule has 0 unspecified atom stereocenters. The van der Waals surface area contributed by atoms with Crippen molar-refractivity contribution in [1.29, 1.82) is 0 Å². The maximum atomic E-state index is 11.8. The van der Waals surface area contributed by atoms with Gasteiger partial charge in [0.25, 0.3) is 0 Å². The molecule has 0 spiro atoms. The van der Waals surface area contributed by atoms with Gasteiger partial charge in [0.1, 0.15) is 5.41 Å². The van der Waals surface area contributed by atoms with Crippen LogP contribution in [0.5, 0.6) is 0 Å². The maximum Gasteiger partial charge on any atom is 1.00 e. The minimum atomic E-state index is -1.09. The molecular weight excluding hydrogens is 219 g/mol. The van der Waals surface area contributed by atoms with E-state index in [0.29, 0.717) is 12.8 Å². The summed E-state index contributed by atoms with van der Waals surface area (Å²) in [6, 6.07) is -0.725. The Kier molecular flexibility index (Phi) is 5.65. The summed E-state index contributed by atoms with van der Waals surface area (Å²) in [5.41, 5.74) is -1.09. The van der Waals surface area contributed by atoms with Crippen LogP contribution in [0.4, 0.5) is 4.79 Å². The maximum absolute atomic E-state index is 11.8. The Labute approximate surface area is 119 Å². The van der Waals surface area contributed by atoms with Gasteiger partial charge in [-0.15, -0.1) is 0 Å². The van der Waals surface area contributed by atoms with Crippen molar-refractivity contribution in [2.24, 2.45) is 11.3 Å². The van der Waals surface area contributed by atoms with Crippen LogP contribution in [0.3, 0.4) is 0 Å². The van der Waals surface area contributed by atoms with Gasteiger partial charge in [0.05, 0.1) is 0 Å². The van der Waals surface area contributed by atoms with E-state index in [9.17, 15) is 14.4 Å². The third kappa shape index (κ3) is 2.31. The number of hydrogen-bond acceptors (Lipinski definition) is 3. The summed E-state index contributed by atoms with van der Waals surface area (Å²) in [6.45, 7) is 5.54. The van der Waals surface area contributed by atoms with Gasteiger partial charge in [0.2, 0.25) is 11.8 Å². The fourth-order valence-electron chi connectivity index (χ4n) is 2.03. The van der Waals surface area contributed by atoms with Gasteiger partial charge in [-0.2, -0.15) is 0 Å². The fraction of sp³-hybridized carbons (Fsp3) is 0.700. The van der Waals surface area contributed by atoms with E-state index in [1.54, 1.807) is 6.92 Å². The molecule has 1 rings (SSSR count). The molecule has 0 aromatic rings. The zero-order valence-corrected chi connectivity index (χ0v) is 12.2. The van der Waals surface area contributed by atoms with Crippen LogP contribution in [-0.4, -0.2) is 17.8 Å². The molecule has 1 aliphatic heterocycles. The van der Waals surface area contributed by atoms with Crippen LogP contribution < -0.4 is 40.2 Å². The van der Waals surface area contributed by atoms with Crippen molar-refractivity contribution in [1.82, 2.24) is 10.6 Å². The Morgan fingerprint density at radius 1 is 1.19 bits per heavy atom. The molecule has 0 saturated carbocycles. The summed E-state index contributed by atoms with van der Waals surface area (Å²) >= 11 is 0. The normalized spacial score (nSPS) is 20.6. The standard InChI is InChI=1S/C10H16N2O3.Na.H/c1-4-6(3)10(5-2)7(13)11-9(15)12-8(10)14;;/h6H,4-5H2,1-3H3,(H2,11,12,13,14,15);;/q;+1;-1/t6-;;/m1../s1. The Morgan fingerprint density at radius 2 is 1.62 bits per heavy atom. The largest absolute Gasteiger partial charge is 1.00 e. The molecule has 6 heteroatoms. The molecule has 5 nitrogen and oxygen atoms in total. The molecule has 0 radical (unpaired) electrons. The van der Waals surface area contributed by atoms with Gasteiger partial charge in [-0.25, -0.2) is 4.79 Å². The van der Waals surface area contributed by atoms with E-state index in [1.165, 1.54) is 0 Å². The van der Waals surface area contributed by atoms with Gasteiger partial charge in [-0.05, 0) is 12.3 Å². The Balaban J connectivity index is 0. The molecule has 16 heavy (non-hydrogen) atoms. The van der Waals surface area contributed by atoms with Crippen molar-refractivity contribution in [3.63, 3.8) is 0 Å². The van der Waals surface area contributed by atoms with E-state index in [2.05, 4.69) is 10.6 Å².